The second kappa shape index (κ2) is 6.10. The number of aryl methyl sites for hydroxylation is 1. The van der Waals surface area contributed by atoms with E-state index in [1.807, 2.05) is 0 Å². The second-order valence-electron chi connectivity index (χ2n) is 5.05. The molecule has 0 spiro atoms. The first-order valence-corrected chi connectivity index (χ1v) is 7.21. The van der Waals surface area contributed by atoms with E-state index >= 15 is 0 Å². The van der Waals surface area contributed by atoms with Crippen molar-refractivity contribution >= 4 is 11.6 Å². The molecule has 0 amide bonds. The SMILES string of the molecule is Cc1onc(-c2c(F)cccc2Cl)c1[C@H](O)c1ccc(F)cc1. The van der Waals surface area contributed by atoms with Crippen molar-refractivity contribution in [3.8, 4) is 11.3 Å². The minimum atomic E-state index is -1.15. The van der Waals surface area contributed by atoms with Gasteiger partial charge >= 0.3 is 0 Å². The average molecular weight is 336 g/mol. The molecule has 1 aromatic heterocycles. The van der Waals surface area contributed by atoms with Gasteiger partial charge in [0.25, 0.3) is 0 Å². The predicted molar refractivity (Wildman–Crippen MR) is 82.1 cm³/mol. The van der Waals surface area contributed by atoms with Crippen LogP contribution < -0.4 is 0 Å². The molecule has 3 rings (SSSR count). The lowest BCUT2D eigenvalue weighted by Gasteiger charge is -2.12. The fourth-order valence-electron chi connectivity index (χ4n) is 2.42. The highest BCUT2D eigenvalue weighted by molar-refractivity contribution is 6.33. The Labute approximate surface area is 136 Å². The van der Waals surface area contributed by atoms with Gasteiger partial charge in [-0.25, -0.2) is 8.78 Å². The summed E-state index contributed by atoms with van der Waals surface area (Å²) in [6, 6.07) is 9.61. The Morgan fingerprint density at radius 1 is 1.13 bits per heavy atom. The second-order valence-corrected chi connectivity index (χ2v) is 5.46. The van der Waals surface area contributed by atoms with E-state index in [-0.39, 0.29) is 16.3 Å². The zero-order valence-corrected chi connectivity index (χ0v) is 12.8. The maximum absolute atomic E-state index is 14.1. The smallest absolute Gasteiger partial charge is 0.140 e. The highest BCUT2D eigenvalue weighted by Crippen LogP contribution is 2.38. The molecule has 23 heavy (non-hydrogen) atoms. The molecule has 2 aromatic carbocycles. The molecule has 1 atom stereocenters. The summed E-state index contributed by atoms with van der Waals surface area (Å²) in [6.07, 6.45) is -1.15. The lowest BCUT2D eigenvalue weighted by Crippen LogP contribution is -2.03. The average Bonchev–Trinajstić information content (AvgIpc) is 2.89. The van der Waals surface area contributed by atoms with Crippen LogP contribution in [-0.4, -0.2) is 10.3 Å². The third-order valence-corrected chi connectivity index (χ3v) is 3.88. The molecule has 0 saturated heterocycles. The Bertz CT molecular complexity index is 826. The predicted octanol–water partition coefficient (Wildman–Crippen LogP) is 4.66. The van der Waals surface area contributed by atoms with Gasteiger partial charge in [0.2, 0.25) is 0 Å². The van der Waals surface area contributed by atoms with E-state index in [1.54, 1.807) is 6.92 Å². The summed E-state index contributed by atoms with van der Waals surface area (Å²) in [7, 11) is 0. The van der Waals surface area contributed by atoms with E-state index < -0.39 is 17.7 Å². The van der Waals surface area contributed by atoms with Crippen molar-refractivity contribution < 1.29 is 18.4 Å². The molecule has 0 saturated carbocycles. The van der Waals surface area contributed by atoms with Crippen LogP contribution in [0, 0.1) is 18.6 Å². The van der Waals surface area contributed by atoms with Crippen LogP contribution in [-0.2, 0) is 0 Å². The molecular weight excluding hydrogens is 324 g/mol. The Balaban J connectivity index is 2.14. The number of halogens is 3. The summed E-state index contributed by atoms with van der Waals surface area (Å²) in [6.45, 7) is 1.60. The molecular formula is C17H12ClF2NO2. The maximum atomic E-state index is 14.1. The van der Waals surface area contributed by atoms with Crippen LogP contribution >= 0.6 is 11.6 Å². The summed E-state index contributed by atoms with van der Waals surface area (Å²) in [5, 5.41) is 14.6. The number of hydrogen-bond acceptors (Lipinski definition) is 3. The zero-order chi connectivity index (χ0) is 16.6. The molecule has 1 heterocycles. The van der Waals surface area contributed by atoms with Crippen LogP contribution in [0.25, 0.3) is 11.3 Å². The van der Waals surface area contributed by atoms with E-state index in [2.05, 4.69) is 5.16 Å². The van der Waals surface area contributed by atoms with E-state index in [4.69, 9.17) is 16.1 Å². The molecule has 118 valence electrons. The number of aliphatic hydroxyl groups excluding tert-OH is 1. The molecule has 0 fully saturated rings. The number of aliphatic hydroxyl groups is 1. The van der Waals surface area contributed by atoms with Crippen molar-refractivity contribution in [3.05, 3.63) is 76.0 Å². The lowest BCUT2D eigenvalue weighted by atomic mass is 9.96. The van der Waals surface area contributed by atoms with Gasteiger partial charge in [-0.3, -0.25) is 0 Å². The molecule has 0 bridgehead atoms. The van der Waals surface area contributed by atoms with Crippen LogP contribution in [0.5, 0.6) is 0 Å². The first kappa shape index (κ1) is 15.6. The molecule has 0 aliphatic carbocycles. The molecule has 3 aromatic rings. The third kappa shape index (κ3) is 2.85. The first-order valence-electron chi connectivity index (χ1n) is 6.83. The Morgan fingerprint density at radius 3 is 2.48 bits per heavy atom. The Hall–Kier alpha value is -2.24. The minimum Gasteiger partial charge on any atom is -0.383 e. The lowest BCUT2D eigenvalue weighted by molar-refractivity contribution is 0.218. The van der Waals surface area contributed by atoms with Gasteiger partial charge in [-0.15, -0.1) is 0 Å². The molecule has 3 nitrogen and oxygen atoms in total. The zero-order valence-electron chi connectivity index (χ0n) is 12.1. The molecule has 0 unspecified atom stereocenters. The largest absolute Gasteiger partial charge is 0.383 e. The third-order valence-electron chi connectivity index (χ3n) is 3.57. The van der Waals surface area contributed by atoms with Gasteiger partial charge in [0.1, 0.15) is 29.2 Å². The normalized spacial score (nSPS) is 12.4. The van der Waals surface area contributed by atoms with Crippen LogP contribution in [0.3, 0.4) is 0 Å². The maximum Gasteiger partial charge on any atom is 0.140 e. The first-order chi connectivity index (χ1) is 11.0. The molecule has 0 radical (unpaired) electrons. The van der Waals surface area contributed by atoms with E-state index in [1.165, 1.54) is 42.5 Å². The van der Waals surface area contributed by atoms with Crippen LogP contribution in [0.15, 0.2) is 47.0 Å². The molecule has 1 N–H and O–H groups in total. The van der Waals surface area contributed by atoms with Gasteiger partial charge < -0.3 is 9.63 Å². The van der Waals surface area contributed by atoms with Gasteiger partial charge in [-0.1, -0.05) is 35.0 Å². The van der Waals surface area contributed by atoms with Gasteiger partial charge in [-0.05, 0) is 36.8 Å². The summed E-state index contributed by atoms with van der Waals surface area (Å²) in [5.74, 6) is -0.658. The number of rotatable bonds is 3. The quantitative estimate of drug-likeness (QED) is 0.757. The monoisotopic (exact) mass is 335 g/mol. The molecule has 0 aliphatic rings. The molecule has 0 aliphatic heterocycles. The van der Waals surface area contributed by atoms with Crippen molar-refractivity contribution in [1.29, 1.82) is 0 Å². The summed E-state index contributed by atoms with van der Waals surface area (Å²) in [5.41, 5.74) is 0.916. The standard InChI is InChI=1S/C17H12ClF2NO2/c1-9-14(17(22)10-5-7-11(19)8-6-10)16(21-23-9)15-12(18)3-2-4-13(15)20/h2-8,17,22H,1H3/t17-/m1/s1. The minimum absolute atomic E-state index is 0.0576. The number of aromatic nitrogens is 1. The van der Waals surface area contributed by atoms with Gasteiger partial charge in [-0.2, -0.15) is 0 Å². The van der Waals surface area contributed by atoms with E-state index in [9.17, 15) is 13.9 Å². The highest BCUT2D eigenvalue weighted by Gasteiger charge is 2.26. The van der Waals surface area contributed by atoms with Crippen molar-refractivity contribution in [3.63, 3.8) is 0 Å². The topological polar surface area (TPSA) is 46.3 Å². The fourth-order valence-corrected chi connectivity index (χ4v) is 2.67. The van der Waals surface area contributed by atoms with Crippen LogP contribution in [0.1, 0.15) is 23.0 Å². The summed E-state index contributed by atoms with van der Waals surface area (Å²) >= 11 is 6.06. The summed E-state index contributed by atoms with van der Waals surface area (Å²) < 4.78 is 32.3. The Kier molecular flexibility index (Phi) is 4.15. The van der Waals surface area contributed by atoms with Crippen LogP contribution in [0.2, 0.25) is 5.02 Å². The van der Waals surface area contributed by atoms with Gasteiger partial charge in [0.05, 0.1) is 16.1 Å². The highest BCUT2D eigenvalue weighted by atomic mass is 35.5. The number of nitrogens with zero attached hydrogens (tertiary/aromatic N) is 1. The van der Waals surface area contributed by atoms with Crippen molar-refractivity contribution in [2.45, 2.75) is 13.0 Å². The van der Waals surface area contributed by atoms with Crippen molar-refractivity contribution in [1.82, 2.24) is 5.16 Å². The van der Waals surface area contributed by atoms with Crippen molar-refractivity contribution in [2.24, 2.45) is 0 Å². The Morgan fingerprint density at radius 2 is 1.83 bits per heavy atom. The van der Waals surface area contributed by atoms with E-state index in [0.717, 1.165) is 0 Å². The van der Waals surface area contributed by atoms with Gasteiger partial charge in [0, 0.05) is 0 Å². The van der Waals surface area contributed by atoms with Crippen LogP contribution in [0.4, 0.5) is 8.78 Å². The molecule has 6 heteroatoms. The van der Waals surface area contributed by atoms with Crippen molar-refractivity contribution in [2.75, 3.05) is 0 Å². The summed E-state index contributed by atoms with van der Waals surface area (Å²) in [4.78, 5) is 0. The van der Waals surface area contributed by atoms with E-state index in [0.29, 0.717) is 16.9 Å². The number of benzene rings is 2. The fraction of sp³-hybridized carbons (Fsp3) is 0.118. The number of hydrogen-bond donors (Lipinski definition) is 1. The van der Waals surface area contributed by atoms with Gasteiger partial charge in [0.15, 0.2) is 0 Å².